The van der Waals surface area contributed by atoms with E-state index in [0.29, 0.717) is 28.4 Å². The Bertz CT molecular complexity index is 1340. The number of halogens is 1. The van der Waals surface area contributed by atoms with Gasteiger partial charge in [-0.25, -0.2) is 4.90 Å². The molecule has 0 bridgehead atoms. The van der Waals surface area contributed by atoms with E-state index in [2.05, 4.69) is 10.6 Å². The molecule has 0 radical (unpaired) electrons. The summed E-state index contributed by atoms with van der Waals surface area (Å²) in [5.41, 5.74) is 2.23. The molecular weight excluding hydrogens is 450 g/mol. The lowest BCUT2D eigenvalue weighted by Crippen LogP contribution is -2.53. The van der Waals surface area contributed by atoms with Crippen LogP contribution in [0.2, 0.25) is 5.02 Å². The Morgan fingerprint density at radius 2 is 1.59 bits per heavy atom. The van der Waals surface area contributed by atoms with Crippen LogP contribution in [0.4, 0.5) is 11.4 Å². The quantitative estimate of drug-likeness (QED) is 0.569. The van der Waals surface area contributed by atoms with Gasteiger partial charge in [-0.1, -0.05) is 66.2 Å². The van der Waals surface area contributed by atoms with Crippen LogP contribution in [-0.2, 0) is 26.3 Å². The number of rotatable bonds is 3. The number of benzene rings is 3. The summed E-state index contributed by atoms with van der Waals surface area (Å²) >= 11 is 6.34. The monoisotopic (exact) mass is 471 g/mol. The number of imide groups is 1. The van der Waals surface area contributed by atoms with Crippen LogP contribution in [-0.4, -0.2) is 23.8 Å². The molecule has 3 aromatic carbocycles. The van der Waals surface area contributed by atoms with E-state index in [-0.39, 0.29) is 17.7 Å². The molecule has 0 saturated carbocycles. The lowest BCUT2D eigenvalue weighted by Gasteiger charge is -2.29. The molecule has 0 aromatic heterocycles. The average Bonchev–Trinajstić information content (AvgIpc) is 3.42. The number of hydrogen-bond donors (Lipinski definition) is 2. The molecule has 3 amide bonds. The second-order valence-corrected chi connectivity index (χ2v) is 9.56. The molecule has 2 saturated heterocycles. The summed E-state index contributed by atoms with van der Waals surface area (Å²) in [6, 6.07) is 21.9. The summed E-state index contributed by atoms with van der Waals surface area (Å²) in [6.45, 7) is 1.84. The van der Waals surface area contributed by atoms with Crippen molar-refractivity contribution in [3.05, 3.63) is 94.5 Å². The van der Waals surface area contributed by atoms with Crippen molar-refractivity contribution < 1.29 is 14.4 Å². The minimum Gasteiger partial charge on any atom is -0.324 e. The van der Waals surface area contributed by atoms with E-state index in [1.54, 1.807) is 36.4 Å². The van der Waals surface area contributed by atoms with Gasteiger partial charge >= 0.3 is 0 Å². The molecule has 2 N–H and O–H groups in total. The number of fused-ring (bicyclic) bond motifs is 4. The van der Waals surface area contributed by atoms with Crippen molar-refractivity contribution in [2.75, 3.05) is 10.2 Å². The number of amides is 3. The van der Waals surface area contributed by atoms with Crippen LogP contribution in [0.3, 0.4) is 0 Å². The second-order valence-electron chi connectivity index (χ2n) is 9.15. The van der Waals surface area contributed by atoms with Crippen LogP contribution >= 0.6 is 11.6 Å². The summed E-state index contributed by atoms with van der Waals surface area (Å²) < 4.78 is 0. The highest BCUT2D eigenvalue weighted by Gasteiger charge is 2.70. The molecule has 4 atom stereocenters. The molecule has 0 aliphatic carbocycles. The van der Waals surface area contributed by atoms with E-state index in [1.807, 2.05) is 43.3 Å². The third-order valence-electron chi connectivity index (χ3n) is 7.40. The van der Waals surface area contributed by atoms with Gasteiger partial charge in [-0.05, 0) is 42.7 Å². The fourth-order valence-electron chi connectivity index (χ4n) is 5.86. The van der Waals surface area contributed by atoms with Crippen LogP contribution in [0.25, 0.3) is 0 Å². The Balaban J connectivity index is 1.52. The zero-order valence-corrected chi connectivity index (χ0v) is 19.2. The number of nitrogens with one attached hydrogen (secondary N) is 2. The summed E-state index contributed by atoms with van der Waals surface area (Å²) in [6.07, 6.45) is 0.514. The van der Waals surface area contributed by atoms with Gasteiger partial charge in [0, 0.05) is 16.6 Å². The van der Waals surface area contributed by atoms with Gasteiger partial charge < -0.3 is 5.32 Å². The van der Waals surface area contributed by atoms with Gasteiger partial charge in [0.2, 0.25) is 17.7 Å². The van der Waals surface area contributed by atoms with Crippen molar-refractivity contribution in [1.29, 1.82) is 0 Å². The van der Waals surface area contributed by atoms with Crippen molar-refractivity contribution in [3.8, 4) is 0 Å². The highest BCUT2D eigenvalue weighted by atomic mass is 35.5. The standard InChI is InChI=1S/C27H22ClN3O3/c1-15-19(28)13-12-18-23(15)29-26(34)27(18)22-21(20(30-27)14-16-8-4-2-5-9-16)24(32)31(25(22)33)17-10-6-3-7-11-17/h2-13,20-22,30H,14H2,1H3,(H,29,34)/t20-,21+,22-,27-/m0/s1. The molecule has 0 unspecified atom stereocenters. The van der Waals surface area contributed by atoms with E-state index in [0.717, 1.165) is 11.1 Å². The number of nitrogens with zero attached hydrogens (tertiary/aromatic N) is 1. The Hall–Kier alpha value is -3.48. The van der Waals surface area contributed by atoms with Crippen molar-refractivity contribution >= 4 is 40.7 Å². The molecule has 3 aromatic rings. The van der Waals surface area contributed by atoms with Gasteiger partial charge in [-0.15, -0.1) is 0 Å². The Morgan fingerprint density at radius 3 is 2.29 bits per heavy atom. The normalized spacial score (nSPS) is 27.3. The van der Waals surface area contributed by atoms with Crippen LogP contribution < -0.4 is 15.5 Å². The maximum Gasteiger partial charge on any atom is 0.250 e. The molecule has 3 heterocycles. The highest BCUT2D eigenvalue weighted by Crippen LogP contribution is 2.54. The molecule has 6 rings (SSSR count). The first-order valence-electron chi connectivity index (χ1n) is 11.3. The first-order chi connectivity index (χ1) is 16.4. The van der Waals surface area contributed by atoms with Gasteiger partial charge in [-0.2, -0.15) is 0 Å². The van der Waals surface area contributed by atoms with Gasteiger partial charge in [0.1, 0.15) is 5.54 Å². The first-order valence-corrected chi connectivity index (χ1v) is 11.7. The number of carbonyl (C=O) groups is 3. The van der Waals surface area contributed by atoms with Crippen LogP contribution in [0.15, 0.2) is 72.8 Å². The molecule has 6 nitrogen and oxygen atoms in total. The molecular formula is C27H22ClN3O3. The third kappa shape index (κ3) is 2.76. The molecule has 170 valence electrons. The maximum absolute atomic E-state index is 13.9. The molecule has 3 aliphatic rings. The van der Waals surface area contributed by atoms with Gasteiger partial charge in [-0.3, -0.25) is 19.7 Å². The Kier molecular flexibility index (Phi) is 4.66. The minimum atomic E-state index is -1.34. The topological polar surface area (TPSA) is 78.5 Å². The smallest absolute Gasteiger partial charge is 0.250 e. The SMILES string of the molecule is Cc1c(Cl)ccc2c1NC(=O)[C@]21N[C@@H](Cc2ccccc2)[C@H]2C(=O)N(c3ccccc3)C(=O)[C@H]21. The van der Waals surface area contributed by atoms with E-state index in [1.165, 1.54) is 4.90 Å². The fraction of sp³-hybridized carbons (Fsp3) is 0.222. The molecule has 1 spiro atoms. The lowest BCUT2D eigenvalue weighted by molar-refractivity contribution is -0.130. The summed E-state index contributed by atoms with van der Waals surface area (Å²) in [4.78, 5) is 42.6. The van der Waals surface area contributed by atoms with E-state index in [9.17, 15) is 14.4 Å². The second kappa shape index (κ2) is 7.52. The first kappa shape index (κ1) is 21.1. The zero-order chi connectivity index (χ0) is 23.6. The summed E-state index contributed by atoms with van der Waals surface area (Å²) in [5.74, 6) is -2.51. The van der Waals surface area contributed by atoms with Crippen LogP contribution in [0.5, 0.6) is 0 Å². The minimum absolute atomic E-state index is 0.279. The Morgan fingerprint density at radius 1 is 0.912 bits per heavy atom. The fourth-order valence-corrected chi connectivity index (χ4v) is 6.02. The van der Waals surface area contributed by atoms with Crippen LogP contribution in [0, 0.1) is 18.8 Å². The van der Waals surface area contributed by atoms with Gasteiger partial charge in [0.05, 0.1) is 23.2 Å². The van der Waals surface area contributed by atoms with Crippen molar-refractivity contribution in [2.45, 2.75) is 24.9 Å². The number of hydrogen-bond acceptors (Lipinski definition) is 4. The van der Waals surface area contributed by atoms with Gasteiger partial charge in [0.15, 0.2) is 0 Å². The summed E-state index contributed by atoms with van der Waals surface area (Å²) in [5, 5.41) is 6.97. The maximum atomic E-state index is 13.9. The largest absolute Gasteiger partial charge is 0.324 e. The van der Waals surface area contributed by atoms with E-state index < -0.39 is 23.4 Å². The summed E-state index contributed by atoms with van der Waals surface area (Å²) in [7, 11) is 0. The van der Waals surface area contributed by atoms with Crippen molar-refractivity contribution in [3.63, 3.8) is 0 Å². The van der Waals surface area contributed by atoms with Crippen molar-refractivity contribution in [2.24, 2.45) is 11.8 Å². The third-order valence-corrected chi connectivity index (χ3v) is 7.81. The number of anilines is 2. The molecule has 34 heavy (non-hydrogen) atoms. The van der Waals surface area contributed by atoms with E-state index >= 15 is 0 Å². The average molecular weight is 472 g/mol. The zero-order valence-electron chi connectivity index (χ0n) is 18.4. The number of carbonyl (C=O) groups excluding carboxylic acids is 3. The molecule has 2 fully saturated rings. The predicted octanol–water partition coefficient (Wildman–Crippen LogP) is 3.82. The predicted molar refractivity (Wildman–Crippen MR) is 129 cm³/mol. The highest BCUT2D eigenvalue weighted by molar-refractivity contribution is 6.32. The van der Waals surface area contributed by atoms with Crippen molar-refractivity contribution in [1.82, 2.24) is 5.32 Å². The van der Waals surface area contributed by atoms with Gasteiger partial charge in [0.25, 0.3) is 0 Å². The Labute approximate surface area is 201 Å². The molecule has 3 aliphatic heterocycles. The molecule has 7 heteroatoms. The van der Waals surface area contributed by atoms with E-state index in [4.69, 9.17) is 11.6 Å². The number of para-hydroxylation sites is 1. The lowest BCUT2D eigenvalue weighted by atomic mass is 9.76. The van der Waals surface area contributed by atoms with Crippen LogP contribution in [0.1, 0.15) is 16.7 Å².